The second-order valence-electron chi connectivity index (χ2n) is 6.09. The molecule has 0 aliphatic carbocycles. The van der Waals surface area contributed by atoms with Crippen LogP contribution >= 0.6 is 11.6 Å². The number of halogens is 1. The zero-order valence-corrected chi connectivity index (χ0v) is 16.1. The fraction of sp³-hybridized carbons (Fsp3) is 0.500. The normalized spacial score (nSPS) is 15.2. The number of carbonyl (C=O) groups excluding carboxylic acids is 2. The number of hydrogen-bond acceptors (Lipinski definition) is 4. The summed E-state index contributed by atoms with van der Waals surface area (Å²) in [5.74, 6) is -0.329. The minimum absolute atomic E-state index is 0.0286. The Morgan fingerprint density at radius 1 is 1.16 bits per heavy atom. The number of hydrogen-bond donors (Lipinski definition) is 0. The molecule has 1 aliphatic heterocycles. The first-order valence-corrected chi connectivity index (χ1v) is 10.1. The van der Waals surface area contributed by atoms with E-state index in [1.54, 1.807) is 28.0 Å². The molecule has 0 radical (unpaired) electrons. The minimum Gasteiger partial charge on any atom is -0.339 e. The Morgan fingerprint density at radius 3 is 2.20 bits per heavy atom. The molecular weight excluding hydrogens is 366 g/mol. The highest BCUT2D eigenvalue weighted by molar-refractivity contribution is 7.92. The van der Waals surface area contributed by atoms with Gasteiger partial charge in [-0.1, -0.05) is 17.7 Å². The van der Waals surface area contributed by atoms with Crippen LogP contribution in [0, 0.1) is 6.92 Å². The molecule has 0 atom stereocenters. The summed E-state index contributed by atoms with van der Waals surface area (Å²) < 4.78 is 25.3. The van der Waals surface area contributed by atoms with Crippen molar-refractivity contribution in [3.8, 4) is 0 Å². The third kappa shape index (κ3) is 4.85. The number of carbonyl (C=O) groups is 2. The first-order valence-electron chi connectivity index (χ1n) is 7.86. The number of rotatable bonds is 4. The van der Waals surface area contributed by atoms with E-state index in [1.807, 2.05) is 6.92 Å². The summed E-state index contributed by atoms with van der Waals surface area (Å²) in [6.45, 7) is 4.71. The summed E-state index contributed by atoms with van der Waals surface area (Å²) in [7, 11) is -3.64. The lowest BCUT2D eigenvalue weighted by Crippen LogP contribution is -2.52. The predicted molar refractivity (Wildman–Crippen MR) is 97.2 cm³/mol. The molecule has 1 aromatic rings. The molecule has 0 saturated carbocycles. The standard InChI is InChI=1S/C16H22ClN3O4S/c1-12-4-5-14(10-15(12)17)20(25(3,23)24)11-16(22)19-8-6-18(7-9-19)13(2)21/h4-5,10H,6-9,11H2,1-3H3. The first kappa shape index (κ1) is 19.5. The Balaban J connectivity index is 2.14. The summed E-state index contributed by atoms with van der Waals surface area (Å²) in [5, 5.41) is 0.439. The van der Waals surface area contributed by atoms with Gasteiger partial charge in [0, 0.05) is 38.1 Å². The molecule has 0 unspecified atom stereocenters. The van der Waals surface area contributed by atoms with Crippen LogP contribution in [0.3, 0.4) is 0 Å². The van der Waals surface area contributed by atoms with E-state index in [9.17, 15) is 18.0 Å². The highest BCUT2D eigenvalue weighted by Gasteiger charge is 2.27. The third-order valence-corrected chi connectivity index (χ3v) is 5.75. The van der Waals surface area contributed by atoms with Crippen LogP contribution in [0.15, 0.2) is 18.2 Å². The van der Waals surface area contributed by atoms with Gasteiger partial charge in [-0.2, -0.15) is 0 Å². The maximum absolute atomic E-state index is 12.5. The van der Waals surface area contributed by atoms with Crippen LogP contribution in [0.1, 0.15) is 12.5 Å². The number of aryl methyl sites for hydroxylation is 1. The Morgan fingerprint density at radius 2 is 1.72 bits per heavy atom. The minimum atomic E-state index is -3.64. The lowest BCUT2D eigenvalue weighted by molar-refractivity contribution is -0.137. The van der Waals surface area contributed by atoms with Crippen molar-refractivity contribution in [2.45, 2.75) is 13.8 Å². The van der Waals surface area contributed by atoms with Crippen molar-refractivity contribution < 1.29 is 18.0 Å². The second-order valence-corrected chi connectivity index (χ2v) is 8.40. The van der Waals surface area contributed by atoms with Crippen LogP contribution in [-0.4, -0.2) is 69.0 Å². The Labute approximate surface area is 153 Å². The third-order valence-electron chi connectivity index (χ3n) is 4.20. The van der Waals surface area contributed by atoms with Crippen molar-refractivity contribution in [1.82, 2.24) is 9.80 Å². The number of anilines is 1. The molecule has 25 heavy (non-hydrogen) atoms. The van der Waals surface area contributed by atoms with Gasteiger partial charge in [0.25, 0.3) is 0 Å². The molecule has 0 spiro atoms. The number of nitrogens with zero attached hydrogens (tertiary/aromatic N) is 3. The molecule has 1 aliphatic rings. The summed E-state index contributed by atoms with van der Waals surface area (Å²) in [6, 6.07) is 4.88. The highest BCUT2D eigenvalue weighted by Crippen LogP contribution is 2.25. The van der Waals surface area contributed by atoms with Crippen molar-refractivity contribution in [3.63, 3.8) is 0 Å². The van der Waals surface area contributed by atoms with Crippen LogP contribution in [0.25, 0.3) is 0 Å². The summed E-state index contributed by atoms with van der Waals surface area (Å²) in [6.07, 6.45) is 1.06. The quantitative estimate of drug-likeness (QED) is 0.775. The molecule has 0 N–H and O–H groups in total. The molecule has 2 rings (SSSR count). The number of sulfonamides is 1. The molecule has 0 bridgehead atoms. The van der Waals surface area contributed by atoms with E-state index >= 15 is 0 Å². The van der Waals surface area contributed by atoms with Crippen LogP contribution in [-0.2, 0) is 19.6 Å². The maximum Gasteiger partial charge on any atom is 0.243 e. The van der Waals surface area contributed by atoms with Gasteiger partial charge in [0.05, 0.1) is 11.9 Å². The van der Waals surface area contributed by atoms with Crippen molar-refractivity contribution >= 4 is 39.1 Å². The molecular formula is C16H22ClN3O4S. The molecule has 9 heteroatoms. The van der Waals surface area contributed by atoms with Gasteiger partial charge >= 0.3 is 0 Å². The van der Waals surface area contributed by atoms with Gasteiger partial charge in [-0.15, -0.1) is 0 Å². The van der Waals surface area contributed by atoms with Crippen LogP contribution < -0.4 is 4.31 Å². The lowest BCUT2D eigenvalue weighted by atomic mass is 10.2. The van der Waals surface area contributed by atoms with E-state index in [-0.39, 0.29) is 18.4 Å². The molecule has 1 heterocycles. The van der Waals surface area contributed by atoms with Gasteiger partial charge in [-0.05, 0) is 24.6 Å². The van der Waals surface area contributed by atoms with Gasteiger partial charge < -0.3 is 9.80 Å². The molecule has 2 amide bonds. The number of piperazine rings is 1. The first-order chi connectivity index (χ1) is 11.6. The van der Waals surface area contributed by atoms with Gasteiger partial charge in [-0.3, -0.25) is 13.9 Å². The van der Waals surface area contributed by atoms with Gasteiger partial charge in [0.15, 0.2) is 0 Å². The number of amides is 2. The Kier molecular flexibility index (Phi) is 5.95. The van der Waals surface area contributed by atoms with Crippen molar-refractivity contribution in [2.75, 3.05) is 43.3 Å². The van der Waals surface area contributed by atoms with E-state index in [2.05, 4.69) is 0 Å². The van der Waals surface area contributed by atoms with E-state index in [4.69, 9.17) is 11.6 Å². The van der Waals surface area contributed by atoms with E-state index in [0.29, 0.717) is 36.9 Å². The highest BCUT2D eigenvalue weighted by atomic mass is 35.5. The largest absolute Gasteiger partial charge is 0.339 e. The van der Waals surface area contributed by atoms with Crippen molar-refractivity contribution in [1.29, 1.82) is 0 Å². The van der Waals surface area contributed by atoms with Crippen molar-refractivity contribution in [3.05, 3.63) is 28.8 Å². The average Bonchev–Trinajstić information content (AvgIpc) is 2.54. The van der Waals surface area contributed by atoms with Crippen LogP contribution in [0.4, 0.5) is 5.69 Å². The number of benzene rings is 1. The zero-order valence-electron chi connectivity index (χ0n) is 14.5. The molecule has 7 nitrogen and oxygen atoms in total. The smallest absolute Gasteiger partial charge is 0.243 e. The van der Waals surface area contributed by atoms with Crippen LogP contribution in [0.2, 0.25) is 5.02 Å². The van der Waals surface area contributed by atoms with Crippen molar-refractivity contribution in [2.24, 2.45) is 0 Å². The topological polar surface area (TPSA) is 78.0 Å². The molecule has 1 aromatic carbocycles. The molecule has 1 saturated heterocycles. The van der Waals surface area contributed by atoms with E-state index in [1.165, 1.54) is 6.92 Å². The fourth-order valence-electron chi connectivity index (χ4n) is 2.63. The van der Waals surface area contributed by atoms with E-state index in [0.717, 1.165) is 16.1 Å². The summed E-state index contributed by atoms with van der Waals surface area (Å²) >= 11 is 6.08. The van der Waals surface area contributed by atoms with Gasteiger partial charge in [0.2, 0.25) is 21.8 Å². The lowest BCUT2D eigenvalue weighted by Gasteiger charge is -2.35. The maximum atomic E-state index is 12.5. The van der Waals surface area contributed by atoms with Crippen LogP contribution in [0.5, 0.6) is 0 Å². The monoisotopic (exact) mass is 387 g/mol. The second kappa shape index (κ2) is 7.61. The Hall–Kier alpha value is -1.80. The van der Waals surface area contributed by atoms with Gasteiger partial charge in [0.1, 0.15) is 6.54 Å². The molecule has 1 fully saturated rings. The van der Waals surface area contributed by atoms with E-state index < -0.39 is 10.0 Å². The SMILES string of the molecule is CC(=O)N1CCN(C(=O)CN(c2ccc(C)c(Cl)c2)S(C)(=O)=O)CC1. The fourth-order valence-corrected chi connectivity index (χ4v) is 3.65. The average molecular weight is 388 g/mol. The van der Waals surface area contributed by atoms with Gasteiger partial charge in [-0.25, -0.2) is 8.42 Å². The molecule has 0 aromatic heterocycles. The predicted octanol–water partition coefficient (Wildman–Crippen LogP) is 1.11. The summed E-state index contributed by atoms with van der Waals surface area (Å²) in [4.78, 5) is 27.1. The molecule has 138 valence electrons. The Bertz CT molecular complexity index is 774. The summed E-state index contributed by atoms with van der Waals surface area (Å²) in [5.41, 5.74) is 1.18. The zero-order chi connectivity index (χ0) is 18.8.